The number of carbonyl (C=O) groups excluding carboxylic acids is 2. The van der Waals surface area contributed by atoms with Crippen LogP contribution in [-0.4, -0.2) is 79.8 Å². The standard InChI is InChI=1S/C19H27FN4O5S/c1-14-6-7-23(19(26)29-3)30(27,28)24(14)13-16-4-5-17(12-18(16)20)22-10-8-21(9-11-22)15(2)25/h4-5,12,14H,6-11,13H2,1-3H3. The van der Waals surface area contributed by atoms with E-state index in [0.717, 1.165) is 11.4 Å². The highest BCUT2D eigenvalue weighted by atomic mass is 32.2. The summed E-state index contributed by atoms with van der Waals surface area (Å²) in [4.78, 5) is 27.0. The van der Waals surface area contributed by atoms with E-state index in [2.05, 4.69) is 4.74 Å². The maximum absolute atomic E-state index is 14.8. The van der Waals surface area contributed by atoms with E-state index in [1.807, 2.05) is 4.90 Å². The van der Waals surface area contributed by atoms with Crippen LogP contribution in [0.3, 0.4) is 0 Å². The molecule has 0 radical (unpaired) electrons. The third-order valence-corrected chi connectivity index (χ3v) is 7.62. The first kappa shape index (κ1) is 22.3. The first-order chi connectivity index (χ1) is 14.1. The second kappa shape index (κ2) is 8.76. The lowest BCUT2D eigenvalue weighted by Gasteiger charge is -2.38. The number of ether oxygens (including phenoxy) is 1. The zero-order valence-corrected chi connectivity index (χ0v) is 18.2. The van der Waals surface area contributed by atoms with Gasteiger partial charge in [-0.05, 0) is 25.5 Å². The van der Waals surface area contributed by atoms with Crippen molar-refractivity contribution in [3.8, 4) is 0 Å². The number of rotatable bonds is 3. The van der Waals surface area contributed by atoms with E-state index in [-0.39, 0.29) is 30.6 Å². The Morgan fingerprint density at radius 3 is 2.40 bits per heavy atom. The van der Waals surface area contributed by atoms with Gasteiger partial charge in [0.05, 0.1) is 7.11 Å². The summed E-state index contributed by atoms with van der Waals surface area (Å²) in [6, 6.07) is 4.33. The zero-order valence-electron chi connectivity index (χ0n) is 17.4. The molecular formula is C19H27FN4O5S. The Hall–Kier alpha value is -2.40. The van der Waals surface area contributed by atoms with Crippen molar-refractivity contribution in [1.82, 2.24) is 13.5 Å². The van der Waals surface area contributed by atoms with Gasteiger partial charge in [0.1, 0.15) is 5.82 Å². The lowest BCUT2D eigenvalue weighted by molar-refractivity contribution is -0.129. The lowest BCUT2D eigenvalue weighted by atomic mass is 10.1. The summed E-state index contributed by atoms with van der Waals surface area (Å²) in [7, 11) is -2.99. The molecule has 1 atom stereocenters. The Balaban J connectivity index is 1.75. The zero-order chi connectivity index (χ0) is 22.1. The van der Waals surface area contributed by atoms with Gasteiger partial charge in [-0.3, -0.25) is 4.79 Å². The van der Waals surface area contributed by atoms with Crippen molar-refractivity contribution in [1.29, 1.82) is 0 Å². The van der Waals surface area contributed by atoms with Crippen LogP contribution in [0.15, 0.2) is 18.2 Å². The molecule has 30 heavy (non-hydrogen) atoms. The number of piperazine rings is 1. The largest absolute Gasteiger partial charge is 0.452 e. The molecule has 3 rings (SSSR count). The van der Waals surface area contributed by atoms with E-state index in [0.29, 0.717) is 42.6 Å². The van der Waals surface area contributed by atoms with Crippen LogP contribution >= 0.6 is 0 Å². The number of hydrogen-bond acceptors (Lipinski definition) is 6. The van der Waals surface area contributed by atoms with Crippen LogP contribution in [0.1, 0.15) is 25.8 Å². The predicted molar refractivity (Wildman–Crippen MR) is 109 cm³/mol. The summed E-state index contributed by atoms with van der Waals surface area (Å²) in [5.74, 6) is -0.492. The van der Waals surface area contributed by atoms with Crippen molar-refractivity contribution in [3.63, 3.8) is 0 Å². The molecule has 166 valence electrons. The van der Waals surface area contributed by atoms with Gasteiger partial charge in [0.25, 0.3) is 0 Å². The molecule has 11 heteroatoms. The van der Waals surface area contributed by atoms with Crippen LogP contribution in [0, 0.1) is 5.82 Å². The van der Waals surface area contributed by atoms with E-state index in [1.165, 1.54) is 13.0 Å². The minimum absolute atomic E-state index is 0.0223. The molecule has 2 aliphatic rings. The van der Waals surface area contributed by atoms with Crippen LogP contribution in [-0.2, 0) is 26.3 Å². The molecular weight excluding hydrogens is 415 g/mol. The summed E-state index contributed by atoms with van der Waals surface area (Å²) in [5.41, 5.74) is 0.911. The molecule has 0 aliphatic carbocycles. The summed E-state index contributed by atoms with van der Waals surface area (Å²) in [5, 5.41) is 0. The first-order valence-corrected chi connectivity index (χ1v) is 11.2. The van der Waals surface area contributed by atoms with Crippen LogP contribution in [0.25, 0.3) is 0 Å². The third kappa shape index (κ3) is 4.36. The highest BCUT2D eigenvalue weighted by Gasteiger charge is 2.41. The summed E-state index contributed by atoms with van der Waals surface area (Å²) in [6.45, 7) is 5.46. The van der Waals surface area contributed by atoms with E-state index >= 15 is 0 Å². The maximum Gasteiger partial charge on any atom is 0.424 e. The number of carbonyl (C=O) groups is 2. The van der Waals surface area contributed by atoms with Crippen LogP contribution in [0.2, 0.25) is 0 Å². The van der Waals surface area contributed by atoms with Crippen molar-refractivity contribution in [2.45, 2.75) is 32.9 Å². The van der Waals surface area contributed by atoms with E-state index in [1.54, 1.807) is 24.0 Å². The van der Waals surface area contributed by atoms with E-state index in [9.17, 15) is 22.4 Å². The first-order valence-electron chi connectivity index (χ1n) is 9.81. The van der Waals surface area contributed by atoms with Crippen molar-refractivity contribution >= 4 is 27.9 Å². The molecule has 2 aliphatic heterocycles. The molecule has 0 aromatic heterocycles. The van der Waals surface area contributed by atoms with Gasteiger partial charge in [-0.1, -0.05) is 6.07 Å². The number of halogens is 1. The van der Waals surface area contributed by atoms with Crippen LogP contribution in [0.4, 0.5) is 14.9 Å². The number of methoxy groups -OCH3 is 1. The highest BCUT2D eigenvalue weighted by Crippen LogP contribution is 2.27. The topological polar surface area (TPSA) is 90.5 Å². The molecule has 0 spiro atoms. The monoisotopic (exact) mass is 442 g/mol. The fraction of sp³-hybridized carbons (Fsp3) is 0.579. The molecule has 2 fully saturated rings. The number of anilines is 1. The average molecular weight is 443 g/mol. The third-order valence-electron chi connectivity index (χ3n) is 5.65. The van der Waals surface area contributed by atoms with Gasteiger partial charge >= 0.3 is 16.3 Å². The Bertz CT molecular complexity index is 917. The van der Waals surface area contributed by atoms with E-state index in [4.69, 9.17) is 0 Å². The Kier molecular flexibility index (Phi) is 6.51. The Morgan fingerprint density at radius 2 is 1.83 bits per heavy atom. The minimum atomic E-state index is -4.11. The number of hydrogen-bond donors (Lipinski definition) is 0. The molecule has 2 heterocycles. The summed E-state index contributed by atoms with van der Waals surface area (Å²) < 4.78 is 46.9. The predicted octanol–water partition coefficient (Wildman–Crippen LogP) is 1.40. The quantitative estimate of drug-likeness (QED) is 0.703. The minimum Gasteiger partial charge on any atom is -0.452 e. The average Bonchev–Trinajstić information content (AvgIpc) is 2.71. The molecule has 0 N–H and O–H groups in total. The van der Waals surface area contributed by atoms with Crippen molar-refractivity contribution in [2.75, 3.05) is 44.7 Å². The molecule has 0 saturated carbocycles. The van der Waals surface area contributed by atoms with Crippen molar-refractivity contribution in [2.24, 2.45) is 0 Å². The second-order valence-electron chi connectivity index (χ2n) is 7.50. The molecule has 2 amide bonds. The molecule has 1 aromatic rings. The molecule has 0 bridgehead atoms. The van der Waals surface area contributed by atoms with Gasteiger partial charge in [0, 0.05) is 63.5 Å². The Labute approximate surface area is 176 Å². The molecule has 1 unspecified atom stereocenters. The summed E-state index contributed by atoms with van der Waals surface area (Å²) in [6.07, 6.45) is -0.526. The SMILES string of the molecule is COC(=O)N1CCC(C)N(Cc2ccc(N3CCN(C(C)=O)CC3)cc2F)S1(=O)=O. The van der Waals surface area contributed by atoms with Gasteiger partial charge in [0.15, 0.2) is 0 Å². The van der Waals surface area contributed by atoms with Crippen LogP contribution < -0.4 is 4.90 Å². The van der Waals surface area contributed by atoms with Gasteiger partial charge in [-0.2, -0.15) is 17.0 Å². The second-order valence-corrected chi connectivity index (χ2v) is 9.31. The maximum atomic E-state index is 14.8. The molecule has 9 nitrogen and oxygen atoms in total. The highest BCUT2D eigenvalue weighted by molar-refractivity contribution is 7.87. The molecule has 1 aromatic carbocycles. The normalized spacial score (nSPS) is 22.1. The van der Waals surface area contributed by atoms with E-state index < -0.39 is 22.1 Å². The van der Waals surface area contributed by atoms with Gasteiger partial charge in [-0.25, -0.2) is 9.18 Å². The van der Waals surface area contributed by atoms with Gasteiger partial charge in [0.2, 0.25) is 5.91 Å². The van der Waals surface area contributed by atoms with Crippen LogP contribution in [0.5, 0.6) is 0 Å². The van der Waals surface area contributed by atoms with Gasteiger partial charge in [-0.15, -0.1) is 0 Å². The van der Waals surface area contributed by atoms with Crippen molar-refractivity contribution < 1.29 is 27.1 Å². The number of amides is 2. The number of benzene rings is 1. The van der Waals surface area contributed by atoms with Gasteiger partial charge < -0.3 is 14.5 Å². The Morgan fingerprint density at radius 1 is 1.17 bits per heavy atom. The fourth-order valence-corrected chi connectivity index (χ4v) is 5.47. The lowest BCUT2D eigenvalue weighted by Crippen LogP contribution is -2.55. The number of nitrogens with zero attached hydrogens (tertiary/aromatic N) is 4. The smallest absolute Gasteiger partial charge is 0.424 e. The fourth-order valence-electron chi connectivity index (χ4n) is 3.75. The van der Waals surface area contributed by atoms with Crippen molar-refractivity contribution in [3.05, 3.63) is 29.6 Å². The summed E-state index contributed by atoms with van der Waals surface area (Å²) >= 11 is 0. The molecule has 2 saturated heterocycles.